The van der Waals surface area contributed by atoms with Gasteiger partial charge in [-0.2, -0.15) is 0 Å². The highest BCUT2D eigenvalue weighted by molar-refractivity contribution is 6.06. The second-order valence-electron chi connectivity index (χ2n) is 7.13. The van der Waals surface area contributed by atoms with Gasteiger partial charge in [-0.25, -0.2) is 0 Å². The fraction of sp³-hybridized carbons (Fsp3) is 0.0800. The second-order valence-corrected chi connectivity index (χ2v) is 7.13. The molecule has 0 unspecified atom stereocenters. The number of fused-ring (bicyclic) bond motifs is 1. The molecule has 1 amide bonds. The summed E-state index contributed by atoms with van der Waals surface area (Å²) < 4.78 is 5.42. The Morgan fingerprint density at radius 3 is 2.50 bits per heavy atom. The number of anilines is 1. The highest BCUT2D eigenvalue weighted by Gasteiger charge is 2.16. The molecule has 0 fully saturated rings. The van der Waals surface area contributed by atoms with Crippen LogP contribution in [0.25, 0.3) is 10.8 Å². The number of aromatic hydroxyl groups is 1. The van der Waals surface area contributed by atoms with Crippen molar-refractivity contribution in [2.24, 2.45) is 16.0 Å². The van der Waals surface area contributed by atoms with Crippen LogP contribution in [0.5, 0.6) is 11.5 Å². The van der Waals surface area contributed by atoms with E-state index in [1.165, 1.54) is 0 Å². The van der Waals surface area contributed by atoms with Gasteiger partial charge >= 0.3 is 0 Å². The predicted octanol–water partition coefficient (Wildman–Crippen LogP) is 5.68. The number of nitrogens with one attached hydrogen (secondary N) is 1. The minimum atomic E-state index is -0.740. The lowest BCUT2D eigenvalue weighted by Crippen LogP contribution is -2.11. The first-order valence-electron chi connectivity index (χ1n) is 9.99. The quantitative estimate of drug-likeness (QED) is 0.330. The van der Waals surface area contributed by atoms with E-state index in [1.807, 2.05) is 66.7 Å². The third-order valence-electron chi connectivity index (χ3n) is 5.03. The van der Waals surface area contributed by atoms with Crippen molar-refractivity contribution in [2.75, 3.05) is 12.4 Å². The highest BCUT2D eigenvalue weighted by atomic mass is 16.5. The van der Waals surface area contributed by atoms with E-state index in [4.69, 9.17) is 10.5 Å². The first-order valence-corrected chi connectivity index (χ1v) is 9.99. The Hall–Kier alpha value is -4.39. The Morgan fingerprint density at radius 1 is 1.00 bits per heavy atom. The number of para-hydroxylation sites is 1. The van der Waals surface area contributed by atoms with Crippen LogP contribution in [0.4, 0.5) is 17.1 Å². The zero-order valence-corrected chi connectivity index (χ0v) is 17.4. The zero-order valence-electron chi connectivity index (χ0n) is 17.4. The molecule has 7 nitrogen and oxygen atoms in total. The average molecular weight is 426 g/mol. The smallest absolute Gasteiger partial charge is 0.252 e. The third kappa shape index (κ3) is 4.37. The number of primary amides is 1. The summed E-state index contributed by atoms with van der Waals surface area (Å²) in [7, 11) is 1.55. The summed E-state index contributed by atoms with van der Waals surface area (Å²) in [4.78, 5) is 11.8. The topological polar surface area (TPSA) is 109 Å². The van der Waals surface area contributed by atoms with E-state index < -0.39 is 5.91 Å². The molecule has 0 heterocycles. The molecule has 0 aliphatic rings. The molecule has 160 valence electrons. The van der Waals surface area contributed by atoms with E-state index in [0.29, 0.717) is 23.4 Å². The summed E-state index contributed by atoms with van der Waals surface area (Å²) in [5.74, 6) is -0.510. The molecule has 4 aromatic carbocycles. The Labute approximate surface area is 185 Å². The van der Waals surface area contributed by atoms with Crippen molar-refractivity contribution in [1.82, 2.24) is 0 Å². The van der Waals surface area contributed by atoms with Crippen molar-refractivity contribution in [3.05, 3.63) is 90.0 Å². The largest absolute Gasteiger partial charge is 0.505 e. The summed E-state index contributed by atoms with van der Waals surface area (Å²) in [6.07, 6.45) is 0. The summed E-state index contributed by atoms with van der Waals surface area (Å²) in [5.41, 5.74) is 8.07. The van der Waals surface area contributed by atoms with Gasteiger partial charge in [-0.05, 0) is 41.3 Å². The van der Waals surface area contributed by atoms with Crippen LogP contribution in [0.1, 0.15) is 15.9 Å². The van der Waals surface area contributed by atoms with Gasteiger partial charge in [0.15, 0.2) is 5.75 Å². The standard InChI is InChI=1S/C25H22N4O3/c1-32-22-12-11-16(15-27-18-8-3-2-4-9-18)13-21(22)28-29-23-19-10-6-5-7-17(19)14-20(24(23)30)25(26)31/h2-14,27,30H,15H2,1H3,(H2,26,31). The molecule has 0 saturated carbocycles. The van der Waals surface area contributed by atoms with Gasteiger partial charge in [-0.3, -0.25) is 4.79 Å². The zero-order chi connectivity index (χ0) is 22.5. The predicted molar refractivity (Wildman–Crippen MR) is 125 cm³/mol. The van der Waals surface area contributed by atoms with Crippen LogP contribution in [-0.4, -0.2) is 18.1 Å². The molecule has 0 atom stereocenters. The molecule has 0 aliphatic carbocycles. The Balaban J connectivity index is 1.70. The fourth-order valence-electron chi connectivity index (χ4n) is 3.39. The maximum Gasteiger partial charge on any atom is 0.252 e. The Morgan fingerprint density at radius 2 is 1.75 bits per heavy atom. The van der Waals surface area contributed by atoms with Gasteiger partial charge in [0.1, 0.15) is 17.1 Å². The molecule has 0 aliphatic heterocycles. The average Bonchev–Trinajstić information content (AvgIpc) is 2.82. The van der Waals surface area contributed by atoms with E-state index in [9.17, 15) is 9.90 Å². The van der Waals surface area contributed by atoms with Gasteiger partial charge in [0, 0.05) is 17.6 Å². The fourth-order valence-corrected chi connectivity index (χ4v) is 3.39. The van der Waals surface area contributed by atoms with Gasteiger partial charge in [-0.15, -0.1) is 10.2 Å². The van der Waals surface area contributed by atoms with Crippen molar-refractivity contribution in [3.63, 3.8) is 0 Å². The van der Waals surface area contributed by atoms with Crippen LogP contribution in [0.2, 0.25) is 0 Å². The van der Waals surface area contributed by atoms with Crippen molar-refractivity contribution < 1.29 is 14.6 Å². The van der Waals surface area contributed by atoms with E-state index in [2.05, 4.69) is 15.5 Å². The Bertz CT molecular complexity index is 1300. The number of carbonyl (C=O) groups excluding carboxylic acids is 1. The lowest BCUT2D eigenvalue weighted by Gasteiger charge is -2.10. The van der Waals surface area contributed by atoms with E-state index in [1.54, 1.807) is 19.2 Å². The van der Waals surface area contributed by atoms with Gasteiger partial charge in [-0.1, -0.05) is 48.5 Å². The number of methoxy groups -OCH3 is 1. The van der Waals surface area contributed by atoms with Crippen LogP contribution in [0.15, 0.2) is 89.1 Å². The number of benzene rings is 4. The van der Waals surface area contributed by atoms with Crippen molar-refractivity contribution in [2.45, 2.75) is 6.54 Å². The number of carbonyl (C=O) groups is 1. The number of nitrogens with zero attached hydrogens (tertiary/aromatic N) is 2. The number of azo groups is 1. The first kappa shape index (κ1) is 20.9. The van der Waals surface area contributed by atoms with Crippen molar-refractivity contribution in [1.29, 1.82) is 0 Å². The molecule has 0 aromatic heterocycles. The molecular weight excluding hydrogens is 404 g/mol. The SMILES string of the molecule is COc1ccc(CNc2ccccc2)cc1N=Nc1c(O)c(C(N)=O)cc2ccccc12. The summed E-state index contributed by atoms with van der Waals surface area (Å²) >= 11 is 0. The summed E-state index contributed by atoms with van der Waals surface area (Å²) in [6, 6.07) is 24.3. The van der Waals surface area contributed by atoms with E-state index in [0.717, 1.165) is 16.6 Å². The molecule has 32 heavy (non-hydrogen) atoms. The molecular formula is C25H22N4O3. The van der Waals surface area contributed by atoms with Crippen molar-refractivity contribution in [3.8, 4) is 11.5 Å². The molecule has 0 bridgehead atoms. The van der Waals surface area contributed by atoms with E-state index in [-0.39, 0.29) is 17.0 Å². The van der Waals surface area contributed by atoms with Gasteiger partial charge < -0.3 is 20.9 Å². The number of phenols is 1. The lowest BCUT2D eigenvalue weighted by atomic mass is 10.0. The number of amides is 1. The van der Waals surface area contributed by atoms with Crippen molar-refractivity contribution >= 4 is 33.7 Å². The molecule has 7 heteroatoms. The normalized spacial score (nSPS) is 11.0. The summed E-state index contributed by atoms with van der Waals surface area (Å²) in [6.45, 7) is 0.585. The number of hydrogen-bond donors (Lipinski definition) is 3. The number of ether oxygens (including phenoxy) is 1. The maximum absolute atomic E-state index is 11.8. The molecule has 0 spiro atoms. The monoisotopic (exact) mass is 426 g/mol. The lowest BCUT2D eigenvalue weighted by molar-refractivity contribution is 0.0998. The third-order valence-corrected chi connectivity index (χ3v) is 5.03. The van der Waals surface area contributed by atoms with Gasteiger partial charge in [0.05, 0.1) is 12.7 Å². The molecule has 0 radical (unpaired) electrons. The number of rotatable bonds is 7. The highest BCUT2D eigenvalue weighted by Crippen LogP contribution is 2.40. The first-order chi connectivity index (χ1) is 15.6. The number of hydrogen-bond acceptors (Lipinski definition) is 6. The minimum Gasteiger partial charge on any atom is -0.505 e. The van der Waals surface area contributed by atoms with Gasteiger partial charge in [0.25, 0.3) is 5.91 Å². The van der Waals surface area contributed by atoms with Crippen LogP contribution < -0.4 is 15.8 Å². The molecule has 4 N–H and O–H groups in total. The van der Waals surface area contributed by atoms with Crippen LogP contribution >= 0.6 is 0 Å². The second kappa shape index (κ2) is 9.18. The van der Waals surface area contributed by atoms with Crippen LogP contribution in [-0.2, 0) is 6.54 Å². The van der Waals surface area contributed by atoms with Crippen LogP contribution in [0.3, 0.4) is 0 Å². The molecule has 4 aromatic rings. The summed E-state index contributed by atoms with van der Waals surface area (Å²) in [5, 5.41) is 24.0. The van der Waals surface area contributed by atoms with E-state index >= 15 is 0 Å². The van der Waals surface area contributed by atoms with Gasteiger partial charge in [0.2, 0.25) is 0 Å². The maximum atomic E-state index is 11.8. The number of nitrogens with two attached hydrogens (primary N) is 1. The minimum absolute atomic E-state index is 0.00886. The Kier molecular flexibility index (Phi) is 5.98. The molecule has 4 rings (SSSR count). The molecule has 0 saturated heterocycles. The van der Waals surface area contributed by atoms with Crippen LogP contribution in [0, 0.1) is 0 Å².